The fourth-order valence-electron chi connectivity index (χ4n) is 2.37. The van der Waals surface area contributed by atoms with E-state index in [0.29, 0.717) is 12.2 Å². The van der Waals surface area contributed by atoms with Crippen molar-refractivity contribution in [2.75, 3.05) is 5.32 Å². The Kier molecular flexibility index (Phi) is 5.03. The minimum absolute atomic E-state index is 0.223. The van der Waals surface area contributed by atoms with Gasteiger partial charge >= 0.3 is 0 Å². The zero-order valence-corrected chi connectivity index (χ0v) is 12.9. The molecule has 1 aromatic heterocycles. The highest BCUT2D eigenvalue weighted by Gasteiger charge is 2.20. The summed E-state index contributed by atoms with van der Waals surface area (Å²) < 4.78 is 18.3. The van der Waals surface area contributed by atoms with Crippen LogP contribution in [0.25, 0.3) is 0 Å². The molecule has 0 spiro atoms. The highest BCUT2D eigenvalue weighted by molar-refractivity contribution is 5.95. The standard InChI is InChI=1S/C19H17FN2O2/c20-15-8-10-16(11-9-15)22-19(23)18(14-5-2-1-3-6-14)21-13-17-7-4-12-24-17/h1-12,18,21H,13H2,(H,22,23)/t18-/m1/s1. The molecule has 4 nitrogen and oxygen atoms in total. The average molecular weight is 324 g/mol. The molecule has 0 saturated heterocycles. The smallest absolute Gasteiger partial charge is 0.246 e. The third-order valence-corrected chi connectivity index (χ3v) is 3.57. The van der Waals surface area contributed by atoms with Crippen molar-refractivity contribution in [3.05, 3.63) is 90.1 Å². The number of nitrogens with one attached hydrogen (secondary N) is 2. The molecule has 0 unspecified atom stereocenters. The van der Waals surface area contributed by atoms with Gasteiger partial charge in [0.15, 0.2) is 0 Å². The SMILES string of the molecule is O=C(Nc1ccc(F)cc1)[C@H](NCc1ccco1)c1ccccc1. The van der Waals surface area contributed by atoms with Gasteiger partial charge in [-0.25, -0.2) is 4.39 Å². The molecule has 0 saturated carbocycles. The monoisotopic (exact) mass is 324 g/mol. The normalized spacial score (nSPS) is 11.9. The summed E-state index contributed by atoms with van der Waals surface area (Å²) in [6.07, 6.45) is 1.59. The fraction of sp³-hybridized carbons (Fsp3) is 0.105. The number of anilines is 1. The molecule has 0 radical (unpaired) electrons. The molecule has 3 aromatic rings. The van der Waals surface area contributed by atoms with Gasteiger partial charge in [-0.15, -0.1) is 0 Å². The second kappa shape index (κ2) is 7.57. The van der Waals surface area contributed by atoms with Crippen LogP contribution in [-0.4, -0.2) is 5.91 Å². The van der Waals surface area contributed by atoms with Crippen molar-refractivity contribution < 1.29 is 13.6 Å². The number of furan rings is 1. The van der Waals surface area contributed by atoms with Crippen LogP contribution in [0.4, 0.5) is 10.1 Å². The number of carbonyl (C=O) groups is 1. The van der Waals surface area contributed by atoms with Gasteiger partial charge in [0.05, 0.1) is 12.8 Å². The van der Waals surface area contributed by atoms with Crippen molar-refractivity contribution in [2.24, 2.45) is 0 Å². The Hall–Kier alpha value is -2.92. The Morgan fingerprint density at radius 1 is 1.00 bits per heavy atom. The zero-order chi connectivity index (χ0) is 16.8. The first-order chi connectivity index (χ1) is 11.7. The molecule has 122 valence electrons. The Morgan fingerprint density at radius 3 is 2.42 bits per heavy atom. The van der Waals surface area contributed by atoms with Crippen LogP contribution in [-0.2, 0) is 11.3 Å². The highest BCUT2D eigenvalue weighted by Crippen LogP contribution is 2.17. The van der Waals surface area contributed by atoms with Crippen molar-refractivity contribution >= 4 is 11.6 Å². The van der Waals surface area contributed by atoms with E-state index in [4.69, 9.17) is 4.42 Å². The largest absolute Gasteiger partial charge is 0.468 e. The molecule has 5 heteroatoms. The van der Waals surface area contributed by atoms with E-state index in [-0.39, 0.29) is 11.7 Å². The van der Waals surface area contributed by atoms with Gasteiger partial charge in [0.1, 0.15) is 17.6 Å². The Bertz CT molecular complexity index is 771. The molecule has 0 bridgehead atoms. The van der Waals surface area contributed by atoms with Gasteiger partial charge in [0, 0.05) is 5.69 Å². The second-order valence-electron chi connectivity index (χ2n) is 5.30. The van der Waals surface area contributed by atoms with Crippen LogP contribution in [0, 0.1) is 5.82 Å². The molecule has 2 aromatic carbocycles. The summed E-state index contributed by atoms with van der Waals surface area (Å²) in [5, 5.41) is 5.99. The predicted octanol–water partition coefficient (Wildman–Crippen LogP) is 3.89. The van der Waals surface area contributed by atoms with Crippen LogP contribution in [0.1, 0.15) is 17.4 Å². The minimum Gasteiger partial charge on any atom is -0.468 e. The van der Waals surface area contributed by atoms with Crippen LogP contribution in [0.15, 0.2) is 77.4 Å². The van der Waals surface area contributed by atoms with Gasteiger partial charge in [-0.1, -0.05) is 30.3 Å². The van der Waals surface area contributed by atoms with Crippen LogP contribution < -0.4 is 10.6 Å². The first kappa shape index (κ1) is 16.0. The molecular formula is C19H17FN2O2. The van der Waals surface area contributed by atoms with Crippen LogP contribution in [0.3, 0.4) is 0 Å². The second-order valence-corrected chi connectivity index (χ2v) is 5.30. The number of hydrogen-bond acceptors (Lipinski definition) is 3. The summed E-state index contributed by atoms with van der Waals surface area (Å²) in [4.78, 5) is 12.7. The third-order valence-electron chi connectivity index (χ3n) is 3.57. The van der Waals surface area contributed by atoms with Gasteiger partial charge in [-0.3, -0.25) is 10.1 Å². The summed E-state index contributed by atoms with van der Waals surface area (Å²) in [5.41, 5.74) is 1.38. The lowest BCUT2D eigenvalue weighted by Crippen LogP contribution is -2.32. The molecule has 3 rings (SSSR count). The van der Waals surface area contributed by atoms with Gasteiger partial charge in [0.25, 0.3) is 0 Å². The first-order valence-electron chi connectivity index (χ1n) is 7.59. The predicted molar refractivity (Wildman–Crippen MR) is 89.8 cm³/mol. The molecule has 1 amide bonds. The van der Waals surface area contributed by atoms with E-state index in [1.807, 2.05) is 36.4 Å². The van der Waals surface area contributed by atoms with E-state index < -0.39 is 6.04 Å². The number of hydrogen-bond donors (Lipinski definition) is 2. The lowest BCUT2D eigenvalue weighted by atomic mass is 10.1. The molecule has 2 N–H and O–H groups in total. The maximum atomic E-state index is 13.0. The lowest BCUT2D eigenvalue weighted by Gasteiger charge is -2.18. The summed E-state index contributed by atoms with van der Waals surface area (Å²) in [6, 6.07) is 18.2. The van der Waals surface area contributed by atoms with Crippen molar-refractivity contribution in [1.29, 1.82) is 0 Å². The molecule has 24 heavy (non-hydrogen) atoms. The number of halogens is 1. The van der Waals surface area contributed by atoms with Crippen LogP contribution >= 0.6 is 0 Å². The molecule has 0 aliphatic heterocycles. The van der Waals surface area contributed by atoms with Gasteiger partial charge in [0.2, 0.25) is 5.91 Å². The highest BCUT2D eigenvalue weighted by atomic mass is 19.1. The molecule has 0 aliphatic carbocycles. The van der Waals surface area contributed by atoms with Crippen molar-refractivity contribution in [2.45, 2.75) is 12.6 Å². The van der Waals surface area contributed by atoms with Gasteiger partial charge < -0.3 is 9.73 Å². The minimum atomic E-state index is -0.554. The Labute approximate surface area is 139 Å². The topological polar surface area (TPSA) is 54.3 Å². The average Bonchev–Trinajstić information content (AvgIpc) is 3.12. The van der Waals surface area contributed by atoms with Crippen molar-refractivity contribution in [3.63, 3.8) is 0 Å². The summed E-state index contributed by atoms with van der Waals surface area (Å²) in [7, 11) is 0. The van der Waals surface area contributed by atoms with E-state index >= 15 is 0 Å². The maximum Gasteiger partial charge on any atom is 0.246 e. The quantitative estimate of drug-likeness (QED) is 0.723. The van der Waals surface area contributed by atoms with Gasteiger partial charge in [-0.2, -0.15) is 0 Å². The zero-order valence-electron chi connectivity index (χ0n) is 12.9. The van der Waals surface area contributed by atoms with E-state index in [2.05, 4.69) is 10.6 Å². The van der Waals surface area contributed by atoms with E-state index in [1.54, 1.807) is 12.3 Å². The van der Waals surface area contributed by atoms with E-state index in [0.717, 1.165) is 11.3 Å². The summed E-state index contributed by atoms with van der Waals surface area (Å²) in [6.45, 7) is 0.420. The number of rotatable bonds is 6. The Balaban J connectivity index is 1.75. The van der Waals surface area contributed by atoms with Gasteiger partial charge in [-0.05, 0) is 42.0 Å². The number of benzene rings is 2. The number of amides is 1. The fourth-order valence-corrected chi connectivity index (χ4v) is 2.37. The summed E-state index contributed by atoms with van der Waals surface area (Å²) >= 11 is 0. The first-order valence-corrected chi connectivity index (χ1v) is 7.59. The van der Waals surface area contributed by atoms with Crippen LogP contribution in [0.5, 0.6) is 0 Å². The lowest BCUT2D eigenvalue weighted by molar-refractivity contribution is -0.118. The molecule has 0 fully saturated rings. The van der Waals surface area contributed by atoms with Crippen molar-refractivity contribution in [3.8, 4) is 0 Å². The molecular weight excluding hydrogens is 307 g/mol. The van der Waals surface area contributed by atoms with E-state index in [1.165, 1.54) is 24.3 Å². The maximum absolute atomic E-state index is 13.0. The molecule has 0 aliphatic rings. The third kappa shape index (κ3) is 4.08. The molecule has 1 atom stereocenters. The van der Waals surface area contributed by atoms with Crippen LogP contribution in [0.2, 0.25) is 0 Å². The molecule has 1 heterocycles. The Morgan fingerprint density at radius 2 is 1.75 bits per heavy atom. The van der Waals surface area contributed by atoms with Crippen molar-refractivity contribution in [1.82, 2.24) is 5.32 Å². The summed E-state index contributed by atoms with van der Waals surface area (Å²) in [5.74, 6) is 0.174. The van der Waals surface area contributed by atoms with E-state index in [9.17, 15) is 9.18 Å². The number of carbonyl (C=O) groups excluding carboxylic acids is 1.